The molecule has 0 spiro atoms. The molecule has 0 radical (unpaired) electrons. The fourth-order valence-electron chi connectivity index (χ4n) is 2.94. The van der Waals surface area contributed by atoms with Crippen molar-refractivity contribution in [3.8, 4) is 0 Å². The van der Waals surface area contributed by atoms with Crippen LogP contribution in [-0.2, 0) is 11.2 Å². The minimum absolute atomic E-state index is 0.380. The van der Waals surface area contributed by atoms with E-state index in [1.807, 2.05) is 54.7 Å². The fraction of sp³-hybridized carbons (Fsp3) is 0.200. The molecule has 0 bridgehead atoms. The average Bonchev–Trinajstić information content (AvgIpc) is 3.09. The summed E-state index contributed by atoms with van der Waals surface area (Å²) in [5.41, 5.74) is 3.10. The Bertz CT molecular complexity index is 889. The zero-order valence-electron chi connectivity index (χ0n) is 14.6. The van der Waals surface area contributed by atoms with Crippen molar-refractivity contribution in [2.75, 3.05) is 13.6 Å². The Morgan fingerprint density at radius 2 is 1.77 bits per heavy atom. The van der Waals surface area contributed by atoms with E-state index in [0.717, 1.165) is 17.5 Å². The molecule has 1 atom stereocenters. The van der Waals surface area contributed by atoms with Gasteiger partial charge in [0.25, 0.3) is 0 Å². The SMILES string of the molecule is CNC(=O)NC(=O)[C@H](NCCc1c[nH]c2ccccc12)c1ccccc1. The van der Waals surface area contributed by atoms with Gasteiger partial charge in [0.2, 0.25) is 5.91 Å². The molecule has 0 saturated heterocycles. The van der Waals surface area contributed by atoms with Gasteiger partial charge in [-0.25, -0.2) is 4.79 Å². The quantitative estimate of drug-likeness (QED) is 0.551. The van der Waals surface area contributed by atoms with Gasteiger partial charge in [-0.1, -0.05) is 48.5 Å². The van der Waals surface area contributed by atoms with Gasteiger partial charge in [-0.15, -0.1) is 0 Å². The van der Waals surface area contributed by atoms with Crippen LogP contribution in [0.15, 0.2) is 60.8 Å². The van der Waals surface area contributed by atoms with Gasteiger partial charge in [-0.2, -0.15) is 0 Å². The van der Waals surface area contributed by atoms with E-state index >= 15 is 0 Å². The Kier molecular flexibility index (Phi) is 5.66. The second-order valence-corrected chi connectivity index (χ2v) is 5.98. The Labute approximate surface area is 152 Å². The summed E-state index contributed by atoms with van der Waals surface area (Å²) in [6.45, 7) is 0.600. The standard InChI is InChI=1S/C20H22N4O2/c1-21-20(26)24-19(25)18(14-7-3-2-4-8-14)22-12-11-15-13-23-17-10-6-5-9-16(15)17/h2-10,13,18,22-23H,11-12H2,1H3,(H2,21,24,25,26)/t18-/m1/s1. The van der Waals surface area contributed by atoms with Gasteiger partial charge in [-0.05, 0) is 23.6 Å². The summed E-state index contributed by atoms with van der Waals surface area (Å²) in [6, 6.07) is 16.4. The predicted molar refractivity (Wildman–Crippen MR) is 102 cm³/mol. The molecule has 0 unspecified atom stereocenters. The fourth-order valence-corrected chi connectivity index (χ4v) is 2.94. The molecular formula is C20H22N4O2. The number of H-pyrrole nitrogens is 1. The monoisotopic (exact) mass is 350 g/mol. The maximum atomic E-state index is 12.5. The molecule has 3 aromatic rings. The van der Waals surface area contributed by atoms with E-state index in [1.54, 1.807) is 0 Å². The van der Waals surface area contributed by atoms with E-state index in [-0.39, 0.29) is 5.91 Å². The normalized spacial score (nSPS) is 11.9. The number of imide groups is 1. The number of hydrogen-bond acceptors (Lipinski definition) is 3. The third kappa shape index (κ3) is 4.10. The zero-order chi connectivity index (χ0) is 18.4. The largest absolute Gasteiger partial charge is 0.361 e. The maximum Gasteiger partial charge on any atom is 0.321 e. The summed E-state index contributed by atoms with van der Waals surface area (Å²) in [6.07, 6.45) is 2.76. The zero-order valence-corrected chi connectivity index (χ0v) is 14.6. The number of aromatic amines is 1. The minimum atomic E-state index is -0.598. The van der Waals surface area contributed by atoms with Crippen LogP contribution in [0.25, 0.3) is 10.9 Å². The van der Waals surface area contributed by atoms with Crippen LogP contribution in [0.3, 0.4) is 0 Å². The summed E-state index contributed by atoms with van der Waals surface area (Å²) in [5, 5.41) is 9.19. The van der Waals surface area contributed by atoms with Crippen molar-refractivity contribution in [1.82, 2.24) is 20.9 Å². The molecule has 6 nitrogen and oxygen atoms in total. The van der Waals surface area contributed by atoms with E-state index in [2.05, 4.69) is 27.0 Å². The lowest BCUT2D eigenvalue weighted by Gasteiger charge is -2.18. The van der Waals surface area contributed by atoms with Crippen molar-refractivity contribution < 1.29 is 9.59 Å². The molecule has 6 heteroatoms. The van der Waals surface area contributed by atoms with E-state index in [0.29, 0.717) is 6.54 Å². The van der Waals surface area contributed by atoms with Crippen LogP contribution < -0.4 is 16.0 Å². The van der Waals surface area contributed by atoms with Crippen LogP contribution in [0.5, 0.6) is 0 Å². The third-order valence-corrected chi connectivity index (χ3v) is 4.28. The van der Waals surface area contributed by atoms with E-state index in [4.69, 9.17) is 0 Å². The lowest BCUT2D eigenvalue weighted by molar-refractivity contribution is -0.122. The molecule has 0 aliphatic carbocycles. The van der Waals surface area contributed by atoms with Gasteiger partial charge in [0.1, 0.15) is 6.04 Å². The van der Waals surface area contributed by atoms with Crippen LogP contribution in [0, 0.1) is 0 Å². The van der Waals surface area contributed by atoms with E-state index in [9.17, 15) is 9.59 Å². The van der Waals surface area contributed by atoms with Crippen LogP contribution in [0.4, 0.5) is 4.79 Å². The number of carbonyl (C=O) groups is 2. The highest BCUT2D eigenvalue weighted by Crippen LogP contribution is 2.18. The number of fused-ring (bicyclic) bond motifs is 1. The van der Waals surface area contributed by atoms with Gasteiger partial charge < -0.3 is 15.6 Å². The molecular weight excluding hydrogens is 328 g/mol. The second-order valence-electron chi connectivity index (χ2n) is 5.98. The van der Waals surface area contributed by atoms with Crippen LogP contribution in [0.1, 0.15) is 17.2 Å². The van der Waals surface area contributed by atoms with Gasteiger partial charge in [-0.3, -0.25) is 10.1 Å². The highest BCUT2D eigenvalue weighted by molar-refractivity contribution is 5.97. The smallest absolute Gasteiger partial charge is 0.321 e. The Balaban J connectivity index is 1.69. The number of nitrogens with one attached hydrogen (secondary N) is 4. The summed E-state index contributed by atoms with van der Waals surface area (Å²) in [4.78, 5) is 27.2. The molecule has 3 rings (SSSR count). The van der Waals surface area contributed by atoms with Crippen LogP contribution >= 0.6 is 0 Å². The summed E-state index contributed by atoms with van der Waals surface area (Å²) >= 11 is 0. The summed E-state index contributed by atoms with van der Waals surface area (Å²) in [5.74, 6) is -0.380. The molecule has 4 N–H and O–H groups in total. The number of para-hydroxylation sites is 1. The summed E-state index contributed by atoms with van der Waals surface area (Å²) in [7, 11) is 1.48. The van der Waals surface area contributed by atoms with Crippen molar-refractivity contribution in [2.24, 2.45) is 0 Å². The van der Waals surface area contributed by atoms with Crippen molar-refractivity contribution in [2.45, 2.75) is 12.5 Å². The third-order valence-electron chi connectivity index (χ3n) is 4.28. The molecule has 1 heterocycles. The number of hydrogen-bond donors (Lipinski definition) is 4. The highest BCUT2D eigenvalue weighted by Gasteiger charge is 2.21. The predicted octanol–water partition coefficient (Wildman–Crippen LogP) is 2.50. The lowest BCUT2D eigenvalue weighted by atomic mass is 10.1. The van der Waals surface area contributed by atoms with Crippen molar-refractivity contribution in [1.29, 1.82) is 0 Å². The number of amides is 3. The van der Waals surface area contributed by atoms with Gasteiger partial charge in [0.15, 0.2) is 0 Å². The number of urea groups is 1. The first kappa shape index (κ1) is 17.7. The topological polar surface area (TPSA) is 86.0 Å². The second kappa shape index (κ2) is 8.31. The molecule has 3 amide bonds. The van der Waals surface area contributed by atoms with Crippen LogP contribution in [0.2, 0.25) is 0 Å². The first-order valence-electron chi connectivity index (χ1n) is 8.55. The lowest BCUT2D eigenvalue weighted by Crippen LogP contribution is -2.44. The molecule has 1 aromatic heterocycles. The van der Waals surface area contributed by atoms with Gasteiger partial charge in [0.05, 0.1) is 0 Å². The number of benzene rings is 2. The first-order chi connectivity index (χ1) is 12.7. The molecule has 0 saturated carbocycles. The minimum Gasteiger partial charge on any atom is -0.361 e. The maximum absolute atomic E-state index is 12.5. The number of carbonyl (C=O) groups excluding carboxylic acids is 2. The Morgan fingerprint density at radius 1 is 1.04 bits per heavy atom. The molecule has 0 aliphatic heterocycles. The van der Waals surface area contributed by atoms with Gasteiger partial charge >= 0.3 is 6.03 Å². The van der Waals surface area contributed by atoms with Crippen molar-refractivity contribution in [3.63, 3.8) is 0 Å². The number of aromatic nitrogens is 1. The Hall–Kier alpha value is -3.12. The molecule has 0 fully saturated rings. The van der Waals surface area contributed by atoms with Crippen molar-refractivity contribution in [3.05, 3.63) is 71.9 Å². The van der Waals surface area contributed by atoms with Gasteiger partial charge in [0, 0.05) is 30.7 Å². The molecule has 26 heavy (non-hydrogen) atoms. The molecule has 0 aliphatic rings. The van der Waals surface area contributed by atoms with Crippen LogP contribution in [-0.4, -0.2) is 30.5 Å². The molecule has 134 valence electrons. The molecule has 2 aromatic carbocycles. The van der Waals surface area contributed by atoms with E-state index < -0.39 is 12.1 Å². The van der Waals surface area contributed by atoms with E-state index in [1.165, 1.54) is 18.0 Å². The first-order valence-corrected chi connectivity index (χ1v) is 8.55. The Morgan fingerprint density at radius 3 is 2.54 bits per heavy atom. The van der Waals surface area contributed by atoms with Crippen molar-refractivity contribution >= 4 is 22.8 Å². The summed E-state index contributed by atoms with van der Waals surface area (Å²) < 4.78 is 0. The average molecular weight is 350 g/mol. The highest BCUT2D eigenvalue weighted by atomic mass is 16.2. The number of rotatable bonds is 6.